The van der Waals surface area contributed by atoms with Gasteiger partial charge in [0.25, 0.3) is 0 Å². The molecule has 1 saturated heterocycles. The van der Waals surface area contributed by atoms with Crippen LogP contribution in [0.2, 0.25) is 10.0 Å². The maximum Gasteiger partial charge on any atom is 0.0745 e. The van der Waals surface area contributed by atoms with E-state index >= 15 is 0 Å². The van der Waals surface area contributed by atoms with Gasteiger partial charge in [-0.1, -0.05) is 23.2 Å². The summed E-state index contributed by atoms with van der Waals surface area (Å²) in [5.74, 6) is 0. The summed E-state index contributed by atoms with van der Waals surface area (Å²) >= 11 is 12.5. The monoisotopic (exact) mass is 274 g/mol. The van der Waals surface area contributed by atoms with Crippen LogP contribution >= 0.6 is 23.2 Å². The van der Waals surface area contributed by atoms with E-state index in [0.717, 1.165) is 24.3 Å². The molecule has 5 heteroatoms. The quantitative estimate of drug-likeness (QED) is 0.891. The fourth-order valence-electron chi connectivity index (χ4n) is 2.15. The van der Waals surface area contributed by atoms with Gasteiger partial charge in [0.05, 0.1) is 28.4 Å². The highest BCUT2D eigenvalue weighted by Crippen LogP contribution is 2.37. The van der Waals surface area contributed by atoms with Crippen molar-refractivity contribution < 1.29 is 5.11 Å². The number of halogens is 2. The number of nitrogens with zero attached hydrogens (tertiary/aromatic N) is 1. The summed E-state index contributed by atoms with van der Waals surface area (Å²) < 4.78 is 0. The normalized spacial score (nSPS) is 17.5. The lowest BCUT2D eigenvalue weighted by Gasteiger charge is -2.22. The maximum absolute atomic E-state index is 9.03. The first kappa shape index (κ1) is 13.0. The van der Waals surface area contributed by atoms with Crippen molar-refractivity contribution in [3.05, 3.63) is 27.7 Å². The highest BCUT2D eigenvalue weighted by atomic mass is 35.5. The molecule has 0 radical (unpaired) electrons. The minimum atomic E-state index is -0.433. The molecule has 0 aromatic heterocycles. The van der Waals surface area contributed by atoms with Gasteiger partial charge < -0.3 is 15.7 Å². The molecule has 2 rings (SSSR count). The minimum Gasteiger partial charge on any atom is -0.394 e. The molecule has 0 saturated carbocycles. The number of hydrogen-bond acceptors (Lipinski definition) is 3. The van der Waals surface area contributed by atoms with Crippen molar-refractivity contribution >= 4 is 28.9 Å². The van der Waals surface area contributed by atoms with Crippen LogP contribution < -0.4 is 10.6 Å². The molecule has 0 bridgehead atoms. The second-order valence-electron chi connectivity index (χ2n) is 4.32. The van der Waals surface area contributed by atoms with Crippen LogP contribution in [0.15, 0.2) is 12.1 Å². The molecule has 3 nitrogen and oxygen atoms in total. The van der Waals surface area contributed by atoms with Gasteiger partial charge in [-0.05, 0) is 30.5 Å². The molecule has 1 atom stereocenters. The number of anilines is 1. The number of rotatable bonds is 3. The smallest absolute Gasteiger partial charge is 0.0745 e. The number of nitrogens with two attached hydrogens (primary N) is 1. The Morgan fingerprint density at radius 2 is 1.76 bits per heavy atom. The molecule has 17 heavy (non-hydrogen) atoms. The van der Waals surface area contributed by atoms with Crippen LogP contribution in [0.1, 0.15) is 24.4 Å². The third kappa shape index (κ3) is 2.68. The largest absolute Gasteiger partial charge is 0.394 e. The molecular formula is C12H16Cl2N2O. The van der Waals surface area contributed by atoms with Crippen LogP contribution in [0.25, 0.3) is 0 Å². The van der Waals surface area contributed by atoms with Crippen molar-refractivity contribution in [1.82, 2.24) is 0 Å². The molecule has 1 aliphatic heterocycles. The molecule has 3 N–H and O–H groups in total. The number of aliphatic hydroxyl groups excluding tert-OH is 1. The van der Waals surface area contributed by atoms with Crippen LogP contribution in [0.3, 0.4) is 0 Å². The average molecular weight is 275 g/mol. The lowest BCUT2D eigenvalue weighted by molar-refractivity contribution is 0.268. The van der Waals surface area contributed by atoms with Crippen molar-refractivity contribution in [2.75, 3.05) is 24.6 Å². The number of hydrogen-bond donors (Lipinski definition) is 2. The Balaban J connectivity index is 2.34. The van der Waals surface area contributed by atoms with Crippen LogP contribution in [-0.4, -0.2) is 24.8 Å². The first-order valence-electron chi connectivity index (χ1n) is 5.74. The Labute approximate surface area is 111 Å². The van der Waals surface area contributed by atoms with Gasteiger partial charge >= 0.3 is 0 Å². The third-order valence-electron chi connectivity index (χ3n) is 3.09. The van der Waals surface area contributed by atoms with Gasteiger partial charge in [-0.3, -0.25) is 0 Å². The van der Waals surface area contributed by atoms with Gasteiger partial charge in [0, 0.05) is 13.1 Å². The van der Waals surface area contributed by atoms with Crippen molar-refractivity contribution in [3.8, 4) is 0 Å². The molecule has 1 aromatic rings. The summed E-state index contributed by atoms with van der Waals surface area (Å²) in [6.07, 6.45) is 2.34. The first-order valence-corrected chi connectivity index (χ1v) is 6.49. The summed E-state index contributed by atoms with van der Waals surface area (Å²) in [6, 6.07) is 3.15. The molecule has 1 aliphatic rings. The summed E-state index contributed by atoms with van der Waals surface area (Å²) in [5.41, 5.74) is 7.41. The van der Waals surface area contributed by atoms with Gasteiger partial charge in [0.2, 0.25) is 0 Å². The molecule has 1 heterocycles. The summed E-state index contributed by atoms with van der Waals surface area (Å²) in [7, 11) is 0. The maximum atomic E-state index is 9.03. The molecule has 0 amide bonds. The standard InChI is InChI=1S/C12H16Cl2N2O/c13-9-5-8(11(15)7-17)6-10(14)12(9)16-3-1-2-4-16/h5-6,11,17H,1-4,7,15H2/t11-/m1/s1. The van der Waals surface area contributed by atoms with Crippen LogP contribution in [0.5, 0.6) is 0 Å². The van der Waals surface area contributed by atoms with E-state index in [1.807, 2.05) is 0 Å². The van der Waals surface area contributed by atoms with Crippen molar-refractivity contribution in [2.24, 2.45) is 5.73 Å². The SMILES string of the molecule is N[C@H](CO)c1cc(Cl)c(N2CCCC2)c(Cl)c1. The second-order valence-corrected chi connectivity index (χ2v) is 5.13. The van der Waals surface area contributed by atoms with Gasteiger partial charge in [0.1, 0.15) is 0 Å². The summed E-state index contributed by atoms with van der Waals surface area (Å²) in [4.78, 5) is 2.19. The molecule has 0 aliphatic carbocycles. The molecule has 0 unspecified atom stereocenters. The van der Waals surface area contributed by atoms with Crippen LogP contribution in [0.4, 0.5) is 5.69 Å². The second kappa shape index (κ2) is 5.44. The number of aliphatic hydroxyl groups is 1. The highest BCUT2D eigenvalue weighted by Gasteiger charge is 2.20. The summed E-state index contributed by atoms with van der Waals surface area (Å²) in [5, 5.41) is 10.2. The Kier molecular flexibility index (Phi) is 4.15. The first-order chi connectivity index (χ1) is 8.13. The minimum absolute atomic E-state index is 0.115. The Bertz CT molecular complexity index is 382. The topological polar surface area (TPSA) is 49.5 Å². The van der Waals surface area contributed by atoms with E-state index in [4.69, 9.17) is 34.0 Å². The van der Waals surface area contributed by atoms with Gasteiger partial charge in [0.15, 0.2) is 0 Å². The molecule has 0 spiro atoms. The lowest BCUT2D eigenvalue weighted by atomic mass is 10.1. The van der Waals surface area contributed by atoms with Crippen molar-refractivity contribution in [1.29, 1.82) is 0 Å². The number of benzene rings is 1. The van der Waals surface area contributed by atoms with E-state index in [1.54, 1.807) is 12.1 Å². The zero-order valence-electron chi connectivity index (χ0n) is 9.50. The predicted molar refractivity (Wildman–Crippen MR) is 71.9 cm³/mol. The van der Waals surface area contributed by atoms with E-state index in [9.17, 15) is 0 Å². The van der Waals surface area contributed by atoms with E-state index < -0.39 is 6.04 Å². The lowest BCUT2D eigenvalue weighted by Crippen LogP contribution is -2.19. The highest BCUT2D eigenvalue weighted by molar-refractivity contribution is 6.39. The van der Waals surface area contributed by atoms with Gasteiger partial charge in [-0.25, -0.2) is 0 Å². The zero-order valence-corrected chi connectivity index (χ0v) is 11.0. The molecular weight excluding hydrogens is 259 g/mol. The molecule has 1 fully saturated rings. The van der Waals surface area contributed by atoms with Crippen LogP contribution in [-0.2, 0) is 0 Å². The van der Waals surface area contributed by atoms with Crippen molar-refractivity contribution in [2.45, 2.75) is 18.9 Å². The fourth-order valence-corrected chi connectivity index (χ4v) is 2.89. The van der Waals surface area contributed by atoms with E-state index in [2.05, 4.69) is 4.90 Å². The zero-order chi connectivity index (χ0) is 12.4. The third-order valence-corrected chi connectivity index (χ3v) is 3.66. The Hall–Kier alpha value is -0.480. The summed E-state index contributed by atoms with van der Waals surface area (Å²) in [6.45, 7) is 1.87. The predicted octanol–water partition coefficient (Wildman–Crippen LogP) is 2.59. The van der Waals surface area contributed by atoms with E-state index in [-0.39, 0.29) is 6.61 Å². The van der Waals surface area contributed by atoms with Crippen molar-refractivity contribution in [3.63, 3.8) is 0 Å². The molecule has 94 valence electrons. The van der Waals surface area contributed by atoms with E-state index in [0.29, 0.717) is 10.0 Å². The van der Waals surface area contributed by atoms with Gasteiger partial charge in [-0.15, -0.1) is 0 Å². The van der Waals surface area contributed by atoms with Crippen LogP contribution in [0, 0.1) is 0 Å². The van der Waals surface area contributed by atoms with Gasteiger partial charge in [-0.2, -0.15) is 0 Å². The average Bonchev–Trinajstić information content (AvgIpc) is 2.80. The Morgan fingerprint density at radius 1 is 1.24 bits per heavy atom. The fraction of sp³-hybridized carbons (Fsp3) is 0.500. The van der Waals surface area contributed by atoms with E-state index in [1.165, 1.54) is 12.8 Å². The molecule has 1 aromatic carbocycles. The Morgan fingerprint density at radius 3 is 2.24 bits per heavy atom.